The zero-order chi connectivity index (χ0) is 10.6. The fraction of sp³-hybridized carbons (Fsp3) is 0.700. The van der Waals surface area contributed by atoms with Crippen molar-refractivity contribution in [2.24, 2.45) is 0 Å². The molecule has 14 heavy (non-hydrogen) atoms. The van der Waals surface area contributed by atoms with Crippen molar-refractivity contribution >= 4 is 5.97 Å². The lowest BCUT2D eigenvalue weighted by Crippen LogP contribution is -2.08. The molecule has 0 aromatic rings. The SMILES string of the molecule is C=CC(=O)OCCOCCCCCO. The van der Waals surface area contributed by atoms with Crippen molar-refractivity contribution in [1.82, 2.24) is 0 Å². The molecule has 0 saturated heterocycles. The number of hydrogen-bond acceptors (Lipinski definition) is 4. The van der Waals surface area contributed by atoms with Crippen molar-refractivity contribution in [3.8, 4) is 0 Å². The molecule has 82 valence electrons. The van der Waals surface area contributed by atoms with Gasteiger partial charge in [0.1, 0.15) is 6.61 Å². The Balaban J connectivity index is 2.99. The van der Waals surface area contributed by atoms with Crippen LogP contribution < -0.4 is 0 Å². The van der Waals surface area contributed by atoms with Crippen LogP contribution in [0.5, 0.6) is 0 Å². The van der Waals surface area contributed by atoms with Crippen molar-refractivity contribution in [2.75, 3.05) is 26.4 Å². The van der Waals surface area contributed by atoms with E-state index in [4.69, 9.17) is 14.6 Å². The normalized spacial score (nSPS) is 9.79. The maximum absolute atomic E-state index is 10.6. The van der Waals surface area contributed by atoms with Crippen LogP contribution in [0, 0.1) is 0 Å². The quantitative estimate of drug-likeness (QED) is 0.343. The third-order valence-electron chi connectivity index (χ3n) is 1.59. The Morgan fingerprint density at radius 3 is 2.64 bits per heavy atom. The van der Waals surface area contributed by atoms with E-state index < -0.39 is 5.97 Å². The summed E-state index contributed by atoms with van der Waals surface area (Å²) in [5, 5.41) is 8.49. The molecule has 0 aliphatic rings. The fourth-order valence-corrected chi connectivity index (χ4v) is 0.855. The van der Waals surface area contributed by atoms with E-state index in [9.17, 15) is 4.79 Å². The minimum absolute atomic E-state index is 0.233. The first-order valence-electron chi connectivity index (χ1n) is 4.79. The Morgan fingerprint density at radius 2 is 2.00 bits per heavy atom. The lowest BCUT2D eigenvalue weighted by molar-refractivity contribution is -0.139. The first-order chi connectivity index (χ1) is 6.81. The number of hydrogen-bond donors (Lipinski definition) is 1. The average Bonchev–Trinajstić information content (AvgIpc) is 2.21. The molecule has 0 fully saturated rings. The number of unbranched alkanes of at least 4 members (excludes halogenated alkanes) is 2. The van der Waals surface area contributed by atoms with E-state index in [-0.39, 0.29) is 13.2 Å². The van der Waals surface area contributed by atoms with Crippen molar-refractivity contribution in [3.05, 3.63) is 12.7 Å². The van der Waals surface area contributed by atoms with Crippen LogP contribution in [0.1, 0.15) is 19.3 Å². The van der Waals surface area contributed by atoms with Crippen LogP contribution in [0.3, 0.4) is 0 Å². The third-order valence-corrected chi connectivity index (χ3v) is 1.59. The second kappa shape index (κ2) is 10.2. The Labute approximate surface area is 84.5 Å². The summed E-state index contributed by atoms with van der Waals surface area (Å²) in [6, 6.07) is 0. The van der Waals surface area contributed by atoms with E-state index in [2.05, 4.69) is 6.58 Å². The van der Waals surface area contributed by atoms with Crippen LogP contribution in [0.25, 0.3) is 0 Å². The number of aliphatic hydroxyl groups excluding tert-OH is 1. The standard InChI is InChI=1S/C10H18O4/c1-2-10(12)14-9-8-13-7-5-3-4-6-11/h2,11H,1,3-9H2. The average molecular weight is 202 g/mol. The topological polar surface area (TPSA) is 55.8 Å². The van der Waals surface area contributed by atoms with E-state index in [1.54, 1.807) is 0 Å². The highest BCUT2D eigenvalue weighted by Gasteiger charge is 1.94. The molecule has 0 unspecified atom stereocenters. The van der Waals surface area contributed by atoms with Gasteiger partial charge in [0.2, 0.25) is 0 Å². The molecule has 4 nitrogen and oxygen atoms in total. The Kier molecular flexibility index (Phi) is 9.58. The summed E-state index contributed by atoms with van der Waals surface area (Å²) in [6.45, 7) is 4.83. The van der Waals surface area contributed by atoms with Gasteiger partial charge in [-0.25, -0.2) is 4.79 Å². The Bertz CT molecular complexity index is 156. The molecule has 0 bridgehead atoms. The van der Waals surface area contributed by atoms with E-state index in [1.165, 1.54) is 0 Å². The highest BCUT2D eigenvalue weighted by molar-refractivity contribution is 5.81. The first-order valence-corrected chi connectivity index (χ1v) is 4.79. The molecule has 1 N–H and O–H groups in total. The van der Waals surface area contributed by atoms with Crippen molar-refractivity contribution < 1.29 is 19.4 Å². The van der Waals surface area contributed by atoms with Crippen molar-refractivity contribution in [3.63, 3.8) is 0 Å². The van der Waals surface area contributed by atoms with Gasteiger partial charge in [0.05, 0.1) is 6.61 Å². The molecule has 0 amide bonds. The summed E-state index contributed by atoms with van der Waals surface area (Å²) >= 11 is 0. The minimum Gasteiger partial charge on any atom is -0.460 e. The van der Waals surface area contributed by atoms with Crippen molar-refractivity contribution in [1.29, 1.82) is 0 Å². The lowest BCUT2D eigenvalue weighted by atomic mass is 10.2. The molecule has 0 aliphatic heterocycles. The molecule has 0 heterocycles. The van der Waals surface area contributed by atoms with Gasteiger partial charge in [-0.05, 0) is 19.3 Å². The molecular formula is C10H18O4. The van der Waals surface area contributed by atoms with Gasteiger partial charge < -0.3 is 14.6 Å². The molecule has 0 atom stereocenters. The summed E-state index contributed by atoms with van der Waals surface area (Å²) in [7, 11) is 0. The molecule has 0 aromatic heterocycles. The van der Waals surface area contributed by atoms with Crippen molar-refractivity contribution in [2.45, 2.75) is 19.3 Å². The number of esters is 1. The van der Waals surface area contributed by atoms with Gasteiger partial charge in [-0.2, -0.15) is 0 Å². The van der Waals surface area contributed by atoms with Gasteiger partial charge in [0.25, 0.3) is 0 Å². The first kappa shape index (κ1) is 13.1. The molecule has 0 aliphatic carbocycles. The molecule has 0 radical (unpaired) electrons. The highest BCUT2D eigenvalue weighted by atomic mass is 16.6. The van der Waals surface area contributed by atoms with Gasteiger partial charge >= 0.3 is 5.97 Å². The van der Waals surface area contributed by atoms with Crippen LogP contribution in [0.2, 0.25) is 0 Å². The highest BCUT2D eigenvalue weighted by Crippen LogP contribution is 1.94. The molecule has 0 aromatic carbocycles. The number of carbonyl (C=O) groups excluding carboxylic acids is 1. The fourth-order valence-electron chi connectivity index (χ4n) is 0.855. The number of rotatable bonds is 9. The van der Waals surface area contributed by atoms with Crippen LogP contribution in [0.4, 0.5) is 0 Å². The van der Waals surface area contributed by atoms with E-state index in [0.29, 0.717) is 13.2 Å². The summed E-state index contributed by atoms with van der Waals surface area (Å²) < 4.78 is 9.88. The molecule has 0 saturated carbocycles. The second-order valence-corrected chi connectivity index (χ2v) is 2.77. The number of carbonyl (C=O) groups is 1. The van der Waals surface area contributed by atoms with Crippen LogP contribution in [-0.2, 0) is 14.3 Å². The monoisotopic (exact) mass is 202 g/mol. The maximum atomic E-state index is 10.6. The molecule has 0 spiro atoms. The van der Waals surface area contributed by atoms with Gasteiger partial charge in [-0.1, -0.05) is 6.58 Å². The van der Waals surface area contributed by atoms with Gasteiger partial charge in [0.15, 0.2) is 0 Å². The summed E-state index contributed by atoms with van der Waals surface area (Å²) in [5.74, 6) is -0.422. The van der Waals surface area contributed by atoms with Crippen LogP contribution in [0.15, 0.2) is 12.7 Å². The summed E-state index contributed by atoms with van der Waals surface area (Å²) in [5.41, 5.74) is 0. The zero-order valence-corrected chi connectivity index (χ0v) is 8.41. The summed E-state index contributed by atoms with van der Waals surface area (Å²) in [6.07, 6.45) is 3.83. The maximum Gasteiger partial charge on any atom is 0.330 e. The van der Waals surface area contributed by atoms with Crippen LogP contribution in [-0.4, -0.2) is 37.5 Å². The van der Waals surface area contributed by atoms with E-state index >= 15 is 0 Å². The molecular weight excluding hydrogens is 184 g/mol. The largest absolute Gasteiger partial charge is 0.460 e. The van der Waals surface area contributed by atoms with Crippen LogP contribution >= 0.6 is 0 Å². The number of ether oxygens (including phenoxy) is 2. The molecule has 0 rings (SSSR count). The predicted octanol–water partition coefficient (Wildman–Crippen LogP) is 0.895. The van der Waals surface area contributed by atoms with E-state index in [1.807, 2.05) is 0 Å². The zero-order valence-electron chi connectivity index (χ0n) is 8.41. The molecule has 4 heteroatoms. The van der Waals surface area contributed by atoms with E-state index in [0.717, 1.165) is 25.3 Å². The third kappa shape index (κ3) is 9.22. The lowest BCUT2D eigenvalue weighted by Gasteiger charge is -2.03. The van der Waals surface area contributed by atoms with Gasteiger partial charge in [-0.15, -0.1) is 0 Å². The Morgan fingerprint density at radius 1 is 1.21 bits per heavy atom. The minimum atomic E-state index is -0.422. The predicted molar refractivity (Wildman–Crippen MR) is 52.9 cm³/mol. The second-order valence-electron chi connectivity index (χ2n) is 2.77. The number of aliphatic hydroxyl groups is 1. The van der Waals surface area contributed by atoms with Gasteiger partial charge in [-0.3, -0.25) is 0 Å². The Hall–Kier alpha value is -0.870. The smallest absolute Gasteiger partial charge is 0.330 e. The summed E-state index contributed by atoms with van der Waals surface area (Å²) in [4.78, 5) is 10.6. The van der Waals surface area contributed by atoms with Gasteiger partial charge in [0, 0.05) is 19.3 Å².